The number of hydrogen-bond donors (Lipinski definition) is 2. The average molecular weight is 470 g/mol. The molecule has 172 valence electrons. The zero-order chi connectivity index (χ0) is 23.8. The second-order valence-corrected chi connectivity index (χ2v) is 9.27. The van der Waals surface area contributed by atoms with Gasteiger partial charge in [0.05, 0.1) is 4.90 Å². The van der Waals surface area contributed by atoms with Crippen LogP contribution < -0.4 is 10.1 Å². The number of piperidine rings is 1. The minimum atomic E-state index is -3.68. The van der Waals surface area contributed by atoms with Gasteiger partial charge in [-0.05, 0) is 43.2 Å². The number of hydrogen-bond acceptors (Lipinski definition) is 6. The van der Waals surface area contributed by atoms with Gasteiger partial charge in [-0.15, -0.1) is 0 Å². The number of carbonyl (C=O) groups excluding carboxylic acids is 1. The van der Waals surface area contributed by atoms with Crippen molar-refractivity contribution in [3.63, 3.8) is 0 Å². The minimum absolute atomic E-state index is 0.0668. The molecule has 0 spiro atoms. The number of sulfonamides is 1. The lowest BCUT2D eigenvalue weighted by atomic mass is 10.1. The van der Waals surface area contributed by atoms with Crippen LogP contribution in [-0.4, -0.2) is 49.4 Å². The first-order chi connectivity index (χ1) is 15.8. The first kappa shape index (κ1) is 24.0. The summed E-state index contributed by atoms with van der Waals surface area (Å²) in [6.45, 7) is 0.352. The summed E-state index contributed by atoms with van der Waals surface area (Å²) in [4.78, 5) is 23.5. The lowest BCUT2D eigenvalue weighted by molar-refractivity contribution is -0.139. The fourth-order valence-corrected chi connectivity index (χ4v) is 4.93. The predicted octanol–water partition coefficient (Wildman–Crippen LogP) is 2.87. The number of anilines is 1. The molecule has 3 rings (SSSR count). The first-order valence-corrected chi connectivity index (χ1v) is 11.7. The Morgan fingerprint density at radius 2 is 1.85 bits per heavy atom. The van der Waals surface area contributed by atoms with Crippen molar-refractivity contribution in [3.8, 4) is 11.8 Å². The maximum Gasteiger partial charge on any atom is 0.341 e. The van der Waals surface area contributed by atoms with Gasteiger partial charge in [0, 0.05) is 24.3 Å². The highest BCUT2D eigenvalue weighted by atomic mass is 32.2. The second kappa shape index (κ2) is 10.8. The van der Waals surface area contributed by atoms with Gasteiger partial charge in [0.15, 0.2) is 6.61 Å². The highest BCUT2D eigenvalue weighted by Gasteiger charge is 2.26. The fraction of sp³-hybridized carbons (Fsp3) is 0.261. The standard InChI is InChI=1S/C23H23N3O6S/c24-15-18(13-17-7-2-3-10-21(17)32-16-22(27)28)23(29)25-19-8-6-9-20(14-19)33(30,31)26-11-4-1-5-12-26/h2-3,6-10,13-14H,1,4-5,11-12,16H2,(H,25,29)(H,27,28)/b18-13+. The quantitative estimate of drug-likeness (QED) is 0.448. The van der Waals surface area contributed by atoms with Crippen molar-refractivity contribution >= 4 is 33.7 Å². The van der Waals surface area contributed by atoms with Crippen molar-refractivity contribution in [1.82, 2.24) is 4.31 Å². The Balaban J connectivity index is 1.80. The molecule has 2 N–H and O–H groups in total. The number of carboxylic acid groups (broad SMARTS) is 1. The van der Waals surface area contributed by atoms with Crippen LogP contribution in [0.4, 0.5) is 5.69 Å². The number of amides is 1. The van der Waals surface area contributed by atoms with Gasteiger partial charge in [0.2, 0.25) is 10.0 Å². The molecule has 1 heterocycles. The van der Waals surface area contributed by atoms with E-state index in [0.29, 0.717) is 18.7 Å². The summed E-state index contributed by atoms with van der Waals surface area (Å²) in [5.41, 5.74) is 0.326. The van der Waals surface area contributed by atoms with Crippen LogP contribution in [0, 0.1) is 11.3 Å². The molecular weight excluding hydrogens is 446 g/mol. The van der Waals surface area contributed by atoms with Crippen LogP contribution in [0.3, 0.4) is 0 Å². The lowest BCUT2D eigenvalue weighted by Gasteiger charge is -2.26. The van der Waals surface area contributed by atoms with E-state index >= 15 is 0 Å². The van der Waals surface area contributed by atoms with Crippen LogP contribution in [0.2, 0.25) is 0 Å². The number of para-hydroxylation sites is 1. The second-order valence-electron chi connectivity index (χ2n) is 7.34. The van der Waals surface area contributed by atoms with E-state index in [4.69, 9.17) is 9.84 Å². The normalized spacial score (nSPS) is 14.8. The van der Waals surface area contributed by atoms with E-state index in [9.17, 15) is 23.3 Å². The highest BCUT2D eigenvalue weighted by molar-refractivity contribution is 7.89. The zero-order valence-corrected chi connectivity index (χ0v) is 18.5. The zero-order valence-electron chi connectivity index (χ0n) is 17.7. The number of aliphatic carboxylic acids is 1. The number of nitrogens with zero attached hydrogens (tertiary/aromatic N) is 2. The Kier molecular flexibility index (Phi) is 7.82. The van der Waals surface area contributed by atoms with Gasteiger partial charge >= 0.3 is 5.97 Å². The summed E-state index contributed by atoms with van der Waals surface area (Å²) in [5.74, 6) is -1.69. The summed E-state index contributed by atoms with van der Waals surface area (Å²) in [7, 11) is -3.68. The Morgan fingerprint density at radius 1 is 1.12 bits per heavy atom. The summed E-state index contributed by atoms with van der Waals surface area (Å²) in [5, 5.41) is 20.8. The highest BCUT2D eigenvalue weighted by Crippen LogP contribution is 2.24. The van der Waals surface area contributed by atoms with Crippen molar-refractivity contribution in [1.29, 1.82) is 5.26 Å². The van der Waals surface area contributed by atoms with Gasteiger partial charge in [-0.1, -0.05) is 30.7 Å². The molecule has 10 heteroatoms. The third-order valence-electron chi connectivity index (χ3n) is 4.98. The molecule has 0 unspecified atom stereocenters. The van der Waals surface area contributed by atoms with E-state index in [1.807, 2.05) is 6.07 Å². The molecule has 1 aliphatic heterocycles. The first-order valence-electron chi connectivity index (χ1n) is 10.3. The Labute approximate surface area is 192 Å². The van der Waals surface area contributed by atoms with E-state index in [-0.39, 0.29) is 21.9 Å². The average Bonchev–Trinajstić information content (AvgIpc) is 2.82. The maximum atomic E-state index is 12.9. The van der Waals surface area contributed by atoms with Crippen LogP contribution in [0.25, 0.3) is 6.08 Å². The molecule has 2 aromatic carbocycles. The SMILES string of the molecule is N#C/C(=C\c1ccccc1OCC(=O)O)C(=O)Nc1cccc(S(=O)(=O)N2CCCCC2)c1. The summed E-state index contributed by atoms with van der Waals surface area (Å²) in [6, 6.07) is 14.1. The van der Waals surface area contributed by atoms with Gasteiger partial charge in [-0.25, -0.2) is 13.2 Å². The Hall–Kier alpha value is -3.68. The van der Waals surface area contributed by atoms with Crippen molar-refractivity contribution < 1.29 is 27.9 Å². The third kappa shape index (κ3) is 6.19. The summed E-state index contributed by atoms with van der Waals surface area (Å²) < 4.78 is 32.4. The Morgan fingerprint density at radius 3 is 2.55 bits per heavy atom. The van der Waals surface area contributed by atoms with Crippen LogP contribution in [0.5, 0.6) is 5.75 Å². The smallest absolute Gasteiger partial charge is 0.341 e. The molecule has 0 aromatic heterocycles. The number of carbonyl (C=O) groups is 2. The number of carboxylic acids is 1. The summed E-state index contributed by atoms with van der Waals surface area (Å²) >= 11 is 0. The van der Waals surface area contributed by atoms with Gasteiger partial charge < -0.3 is 15.2 Å². The molecule has 2 aromatic rings. The van der Waals surface area contributed by atoms with E-state index in [1.165, 1.54) is 40.7 Å². The van der Waals surface area contributed by atoms with Crippen LogP contribution in [0.15, 0.2) is 59.0 Å². The van der Waals surface area contributed by atoms with Crippen molar-refractivity contribution in [2.24, 2.45) is 0 Å². The third-order valence-corrected chi connectivity index (χ3v) is 6.87. The molecule has 0 aliphatic carbocycles. The van der Waals surface area contributed by atoms with E-state index in [2.05, 4.69) is 5.32 Å². The Bertz CT molecular complexity index is 1210. The predicted molar refractivity (Wildman–Crippen MR) is 121 cm³/mol. The molecule has 0 bridgehead atoms. The van der Waals surface area contributed by atoms with Crippen LogP contribution >= 0.6 is 0 Å². The van der Waals surface area contributed by atoms with Crippen LogP contribution in [0.1, 0.15) is 24.8 Å². The molecule has 1 aliphatic rings. The molecule has 0 radical (unpaired) electrons. The number of benzene rings is 2. The van der Waals surface area contributed by atoms with E-state index in [1.54, 1.807) is 18.2 Å². The topological polar surface area (TPSA) is 137 Å². The fourth-order valence-electron chi connectivity index (χ4n) is 3.36. The lowest BCUT2D eigenvalue weighted by Crippen LogP contribution is -2.35. The van der Waals surface area contributed by atoms with E-state index < -0.39 is 28.5 Å². The minimum Gasteiger partial charge on any atom is -0.481 e. The van der Waals surface area contributed by atoms with Gasteiger partial charge in [-0.2, -0.15) is 9.57 Å². The number of ether oxygens (including phenoxy) is 1. The molecular formula is C23H23N3O6S. The van der Waals surface area contributed by atoms with Crippen molar-refractivity contribution in [3.05, 3.63) is 59.7 Å². The van der Waals surface area contributed by atoms with Gasteiger partial charge in [-0.3, -0.25) is 4.79 Å². The largest absolute Gasteiger partial charge is 0.481 e. The number of nitriles is 1. The number of nitrogens with one attached hydrogen (secondary N) is 1. The maximum absolute atomic E-state index is 12.9. The number of rotatable bonds is 8. The van der Waals surface area contributed by atoms with Gasteiger partial charge in [0.1, 0.15) is 17.4 Å². The molecule has 0 atom stereocenters. The molecule has 1 saturated heterocycles. The summed E-state index contributed by atoms with van der Waals surface area (Å²) in [6.07, 6.45) is 3.89. The monoisotopic (exact) mass is 469 g/mol. The molecule has 9 nitrogen and oxygen atoms in total. The molecule has 1 fully saturated rings. The van der Waals surface area contributed by atoms with Crippen molar-refractivity contribution in [2.45, 2.75) is 24.2 Å². The van der Waals surface area contributed by atoms with Crippen molar-refractivity contribution in [2.75, 3.05) is 25.0 Å². The van der Waals surface area contributed by atoms with Gasteiger partial charge in [0.25, 0.3) is 5.91 Å². The molecule has 0 saturated carbocycles. The molecule has 1 amide bonds. The molecule has 33 heavy (non-hydrogen) atoms. The van der Waals surface area contributed by atoms with E-state index in [0.717, 1.165) is 19.3 Å². The van der Waals surface area contributed by atoms with Crippen LogP contribution in [-0.2, 0) is 19.6 Å².